The lowest BCUT2D eigenvalue weighted by Gasteiger charge is -2.22. The van der Waals surface area contributed by atoms with E-state index in [0.717, 1.165) is 0 Å². The molecule has 12 heteroatoms. The van der Waals surface area contributed by atoms with Gasteiger partial charge in [0.15, 0.2) is 17.2 Å². The zero-order chi connectivity index (χ0) is 29.9. The summed E-state index contributed by atoms with van der Waals surface area (Å²) in [5.74, 6) is 1.08. The van der Waals surface area contributed by atoms with Gasteiger partial charge in [0.1, 0.15) is 12.4 Å². The van der Waals surface area contributed by atoms with Crippen molar-refractivity contribution in [3.8, 4) is 23.0 Å². The molecule has 3 N–H and O–H groups in total. The molecule has 222 valence electrons. The van der Waals surface area contributed by atoms with Crippen LogP contribution in [0.3, 0.4) is 0 Å². The Morgan fingerprint density at radius 1 is 1.02 bits per heavy atom. The van der Waals surface area contributed by atoms with Crippen molar-refractivity contribution in [3.63, 3.8) is 0 Å². The molecule has 42 heavy (non-hydrogen) atoms. The average Bonchev–Trinajstić information content (AvgIpc) is 2.95. The number of benzene rings is 3. The average molecular weight is 597 g/mol. The van der Waals surface area contributed by atoms with Gasteiger partial charge < -0.3 is 34.9 Å². The first-order valence-corrected chi connectivity index (χ1v) is 13.7. The van der Waals surface area contributed by atoms with Crippen LogP contribution in [0.4, 0.5) is 11.4 Å². The monoisotopic (exact) mass is 596 g/mol. The summed E-state index contributed by atoms with van der Waals surface area (Å²) >= 11 is 6.22. The molecule has 0 radical (unpaired) electrons. The first kappa shape index (κ1) is 30.6. The van der Waals surface area contributed by atoms with Crippen LogP contribution in [0.1, 0.15) is 12.5 Å². The molecule has 0 spiro atoms. The second-order valence-electron chi connectivity index (χ2n) is 9.39. The van der Waals surface area contributed by atoms with E-state index in [4.69, 9.17) is 30.5 Å². The van der Waals surface area contributed by atoms with Gasteiger partial charge in [-0.05, 0) is 48.5 Å². The van der Waals surface area contributed by atoms with Gasteiger partial charge in [0, 0.05) is 36.3 Å². The summed E-state index contributed by atoms with van der Waals surface area (Å²) in [4.78, 5) is 39.2. The largest absolute Gasteiger partial charge is 0.496 e. The lowest BCUT2D eigenvalue weighted by atomic mass is 10.1. The molecule has 0 fully saturated rings. The summed E-state index contributed by atoms with van der Waals surface area (Å²) in [6.45, 7) is 2.60. The predicted octanol–water partition coefficient (Wildman–Crippen LogP) is 4.07. The summed E-state index contributed by atoms with van der Waals surface area (Å²) in [5.41, 5.74) is 1.65. The van der Waals surface area contributed by atoms with E-state index >= 15 is 0 Å². The van der Waals surface area contributed by atoms with Crippen molar-refractivity contribution in [2.45, 2.75) is 13.5 Å². The van der Waals surface area contributed by atoms with E-state index < -0.39 is 0 Å². The standard InChI is InChI=1S/C30H33ClN4O7/c1-20(36)33-23-8-10-25(39-2)21(15-23)17-32-29(37)18-35-11-12-40-13-14-41-27-5-3-4-6-28(27)42-26-9-7-22(31)16-24(26)34-30(38)19-35/h3-10,15-16H,11-14,17-19H2,1-2H3,(H,32,37)(H,33,36)(H,34,38). The minimum absolute atomic E-state index is 0.0642. The Kier molecular flexibility index (Phi) is 11.0. The molecule has 3 aromatic carbocycles. The van der Waals surface area contributed by atoms with Crippen molar-refractivity contribution >= 4 is 40.7 Å². The first-order valence-electron chi connectivity index (χ1n) is 13.3. The highest BCUT2D eigenvalue weighted by molar-refractivity contribution is 6.31. The van der Waals surface area contributed by atoms with Crippen molar-refractivity contribution < 1.29 is 33.3 Å². The summed E-state index contributed by atoms with van der Waals surface area (Å²) < 4.78 is 23.1. The Hall–Kier alpha value is -4.32. The van der Waals surface area contributed by atoms with Crippen LogP contribution in [-0.4, -0.2) is 69.2 Å². The molecule has 0 atom stereocenters. The lowest BCUT2D eigenvalue weighted by molar-refractivity contribution is -0.124. The van der Waals surface area contributed by atoms with Gasteiger partial charge in [0.05, 0.1) is 39.1 Å². The quantitative estimate of drug-likeness (QED) is 0.389. The molecule has 1 heterocycles. The third-order valence-corrected chi connectivity index (χ3v) is 6.37. The van der Waals surface area contributed by atoms with Gasteiger partial charge >= 0.3 is 0 Å². The van der Waals surface area contributed by atoms with Crippen LogP contribution < -0.4 is 30.2 Å². The number of amides is 3. The van der Waals surface area contributed by atoms with Crippen LogP contribution in [0.2, 0.25) is 5.02 Å². The molecule has 0 bridgehead atoms. The van der Waals surface area contributed by atoms with Crippen LogP contribution in [0, 0.1) is 0 Å². The molecule has 3 amide bonds. The number of hydrogen-bond donors (Lipinski definition) is 3. The number of carbonyl (C=O) groups excluding carboxylic acids is 3. The van der Waals surface area contributed by atoms with E-state index in [2.05, 4.69) is 16.0 Å². The lowest BCUT2D eigenvalue weighted by Crippen LogP contribution is -2.42. The number of methoxy groups -OCH3 is 1. The molecule has 4 rings (SSSR count). The Morgan fingerprint density at radius 2 is 1.83 bits per heavy atom. The summed E-state index contributed by atoms with van der Waals surface area (Å²) in [5, 5.41) is 8.84. The molecule has 1 aliphatic heterocycles. The van der Waals surface area contributed by atoms with E-state index in [0.29, 0.717) is 58.1 Å². The second-order valence-corrected chi connectivity index (χ2v) is 9.83. The summed E-state index contributed by atoms with van der Waals surface area (Å²) in [6.07, 6.45) is 0. The highest BCUT2D eigenvalue weighted by Gasteiger charge is 2.18. The predicted molar refractivity (Wildman–Crippen MR) is 158 cm³/mol. The van der Waals surface area contributed by atoms with Gasteiger partial charge in [-0.1, -0.05) is 23.7 Å². The van der Waals surface area contributed by atoms with E-state index in [1.807, 2.05) is 12.1 Å². The smallest absolute Gasteiger partial charge is 0.238 e. The fourth-order valence-corrected chi connectivity index (χ4v) is 4.40. The van der Waals surface area contributed by atoms with Gasteiger partial charge in [-0.15, -0.1) is 0 Å². The topological polar surface area (TPSA) is 127 Å². The highest BCUT2D eigenvalue weighted by Crippen LogP contribution is 2.36. The van der Waals surface area contributed by atoms with E-state index in [1.165, 1.54) is 14.0 Å². The molecule has 0 saturated carbocycles. The number of nitrogens with one attached hydrogen (secondary N) is 3. The number of para-hydroxylation sites is 2. The number of anilines is 2. The summed E-state index contributed by atoms with van der Waals surface area (Å²) in [7, 11) is 1.53. The van der Waals surface area contributed by atoms with Gasteiger partial charge in [0.25, 0.3) is 0 Å². The number of ether oxygens (including phenoxy) is 4. The number of fused-ring (bicyclic) bond motifs is 2. The zero-order valence-corrected chi connectivity index (χ0v) is 24.2. The third-order valence-electron chi connectivity index (χ3n) is 6.13. The van der Waals surface area contributed by atoms with Gasteiger partial charge in [-0.25, -0.2) is 0 Å². The summed E-state index contributed by atoms with van der Waals surface area (Å²) in [6, 6.07) is 17.3. The van der Waals surface area contributed by atoms with Gasteiger partial charge in [-0.3, -0.25) is 19.3 Å². The van der Waals surface area contributed by atoms with E-state index in [1.54, 1.807) is 53.4 Å². The van der Waals surface area contributed by atoms with Crippen molar-refractivity contribution in [2.75, 3.05) is 57.2 Å². The van der Waals surface area contributed by atoms with Gasteiger partial charge in [0.2, 0.25) is 17.7 Å². The Morgan fingerprint density at radius 3 is 2.62 bits per heavy atom. The minimum Gasteiger partial charge on any atom is -0.496 e. The molecular formula is C30H33ClN4O7. The maximum atomic E-state index is 13.1. The van der Waals surface area contributed by atoms with Crippen molar-refractivity contribution in [1.82, 2.24) is 10.2 Å². The Labute approximate surface area is 249 Å². The number of nitrogens with zero attached hydrogens (tertiary/aromatic N) is 1. The second kappa shape index (κ2) is 15.1. The van der Waals surface area contributed by atoms with Crippen LogP contribution in [0.15, 0.2) is 60.7 Å². The number of halogens is 1. The molecule has 11 nitrogen and oxygen atoms in total. The Balaban J connectivity index is 1.45. The third kappa shape index (κ3) is 9.10. The first-order chi connectivity index (χ1) is 20.3. The fraction of sp³-hybridized carbons (Fsp3) is 0.300. The van der Waals surface area contributed by atoms with E-state index in [-0.39, 0.29) is 50.6 Å². The fourth-order valence-electron chi connectivity index (χ4n) is 4.22. The van der Waals surface area contributed by atoms with Crippen molar-refractivity contribution in [3.05, 3.63) is 71.2 Å². The highest BCUT2D eigenvalue weighted by atomic mass is 35.5. The molecule has 0 aliphatic carbocycles. The van der Waals surface area contributed by atoms with Crippen LogP contribution >= 0.6 is 11.6 Å². The normalized spacial score (nSPS) is 14.4. The molecular weight excluding hydrogens is 564 g/mol. The van der Waals surface area contributed by atoms with E-state index in [9.17, 15) is 14.4 Å². The number of carbonyl (C=O) groups is 3. The van der Waals surface area contributed by atoms with Crippen LogP contribution in [0.25, 0.3) is 0 Å². The number of hydrogen-bond acceptors (Lipinski definition) is 8. The molecule has 0 unspecified atom stereocenters. The molecule has 0 saturated heterocycles. The SMILES string of the molecule is COc1ccc(NC(C)=O)cc1CNC(=O)CN1CCOCCOc2ccccc2Oc2ccc(Cl)cc2NC(=O)C1. The van der Waals surface area contributed by atoms with Gasteiger partial charge in [-0.2, -0.15) is 0 Å². The van der Waals surface area contributed by atoms with Crippen LogP contribution in [-0.2, 0) is 25.7 Å². The van der Waals surface area contributed by atoms with Crippen molar-refractivity contribution in [2.24, 2.45) is 0 Å². The maximum Gasteiger partial charge on any atom is 0.238 e. The Bertz CT molecular complexity index is 1420. The van der Waals surface area contributed by atoms with Crippen molar-refractivity contribution in [1.29, 1.82) is 0 Å². The zero-order valence-electron chi connectivity index (χ0n) is 23.4. The number of rotatable bonds is 6. The minimum atomic E-state index is -0.362. The molecule has 3 aromatic rings. The maximum absolute atomic E-state index is 13.1. The van der Waals surface area contributed by atoms with Crippen LogP contribution in [0.5, 0.6) is 23.0 Å². The molecule has 1 aliphatic rings. The molecule has 0 aromatic heterocycles.